The highest BCUT2D eigenvalue weighted by atomic mass is 16.3. The molecule has 0 bridgehead atoms. The van der Waals surface area contributed by atoms with E-state index in [-0.39, 0.29) is 5.91 Å². The number of likely N-dealkylation sites (tertiary alicyclic amines) is 1. The van der Waals surface area contributed by atoms with Crippen molar-refractivity contribution in [2.75, 3.05) is 13.1 Å². The number of nitrogens with zero attached hydrogens (tertiary/aromatic N) is 1. The van der Waals surface area contributed by atoms with Crippen LogP contribution in [0.25, 0.3) is 0 Å². The molecular formula is C13H21N3O2. The Morgan fingerprint density at radius 1 is 1.67 bits per heavy atom. The number of furan rings is 1. The van der Waals surface area contributed by atoms with Crippen LogP contribution in [0.15, 0.2) is 16.7 Å². The number of hydrogen-bond acceptors (Lipinski definition) is 4. The van der Waals surface area contributed by atoms with Crippen LogP contribution in [0, 0.1) is 11.8 Å². The van der Waals surface area contributed by atoms with Gasteiger partial charge in [0.05, 0.1) is 12.1 Å². The predicted octanol–water partition coefficient (Wildman–Crippen LogP) is 1.36. The Kier molecular flexibility index (Phi) is 4.04. The maximum absolute atomic E-state index is 11.3. The summed E-state index contributed by atoms with van der Waals surface area (Å²) < 4.78 is 5.39. The summed E-state index contributed by atoms with van der Waals surface area (Å²) in [6.07, 6.45) is 2.70. The van der Waals surface area contributed by atoms with Gasteiger partial charge in [0, 0.05) is 6.54 Å². The zero-order valence-electron chi connectivity index (χ0n) is 11.0. The third kappa shape index (κ3) is 2.91. The molecule has 3 N–H and O–H groups in total. The van der Waals surface area contributed by atoms with Crippen LogP contribution in [-0.4, -0.2) is 23.9 Å². The van der Waals surface area contributed by atoms with Crippen molar-refractivity contribution in [1.29, 1.82) is 0 Å². The summed E-state index contributed by atoms with van der Waals surface area (Å²) in [6.45, 7) is 7.51. The minimum Gasteiger partial charge on any atom is -0.467 e. The van der Waals surface area contributed by atoms with Crippen LogP contribution in [0.3, 0.4) is 0 Å². The highest BCUT2D eigenvalue weighted by molar-refractivity contribution is 5.93. The quantitative estimate of drug-likeness (QED) is 0.481. The first-order chi connectivity index (χ1) is 8.60. The fourth-order valence-electron chi connectivity index (χ4n) is 2.44. The molecule has 0 aromatic carbocycles. The smallest absolute Gasteiger partial charge is 0.268 e. The first-order valence-electron chi connectivity index (χ1n) is 6.41. The standard InChI is InChI=1S/C13H21N3O2/c1-9(2)10-3-4-16(6-10)7-12-5-11(8-18-12)13(17)15-14/h5,8-10H,3-4,6-7,14H2,1-2H3,(H,15,17). The fourth-order valence-corrected chi connectivity index (χ4v) is 2.44. The SMILES string of the molecule is CC(C)C1CCN(Cc2cc(C(=O)NN)co2)C1. The second kappa shape index (κ2) is 5.54. The molecule has 1 fully saturated rings. The van der Waals surface area contributed by atoms with Crippen LogP contribution in [-0.2, 0) is 6.54 Å². The van der Waals surface area contributed by atoms with Crippen LogP contribution in [0.4, 0.5) is 0 Å². The number of nitrogens with two attached hydrogens (primary N) is 1. The molecule has 0 spiro atoms. The Labute approximate surface area is 107 Å². The molecular weight excluding hydrogens is 230 g/mol. The molecule has 1 aromatic rings. The van der Waals surface area contributed by atoms with Gasteiger partial charge < -0.3 is 4.42 Å². The lowest BCUT2D eigenvalue weighted by atomic mass is 9.95. The van der Waals surface area contributed by atoms with Crippen molar-refractivity contribution >= 4 is 5.91 Å². The largest absolute Gasteiger partial charge is 0.467 e. The lowest BCUT2D eigenvalue weighted by Gasteiger charge is -2.16. The summed E-state index contributed by atoms with van der Waals surface area (Å²) in [5, 5.41) is 0. The molecule has 1 aliphatic rings. The van der Waals surface area contributed by atoms with E-state index in [1.54, 1.807) is 6.07 Å². The summed E-state index contributed by atoms with van der Waals surface area (Å²) in [5.41, 5.74) is 2.58. The van der Waals surface area contributed by atoms with Gasteiger partial charge in [0.1, 0.15) is 12.0 Å². The van der Waals surface area contributed by atoms with Crippen LogP contribution >= 0.6 is 0 Å². The molecule has 5 nitrogen and oxygen atoms in total. The molecule has 1 unspecified atom stereocenters. The van der Waals surface area contributed by atoms with E-state index in [0.29, 0.717) is 5.56 Å². The van der Waals surface area contributed by atoms with E-state index in [4.69, 9.17) is 10.3 Å². The third-order valence-corrected chi connectivity index (χ3v) is 3.68. The van der Waals surface area contributed by atoms with Gasteiger partial charge in [-0.05, 0) is 30.9 Å². The Balaban J connectivity index is 1.91. The van der Waals surface area contributed by atoms with Gasteiger partial charge in [0.25, 0.3) is 5.91 Å². The number of nitrogens with one attached hydrogen (secondary N) is 1. The topological polar surface area (TPSA) is 71.5 Å². The van der Waals surface area contributed by atoms with Gasteiger partial charge in [-0.2, -0.15) is 0 Å². The van der Waals surface area contributed by atoms with Gasteiger partial charge in [-0.25, -0.2) is 5.84 Å². The second-order valence-electron chi connectivity index (χ2n) is 5.30. The Morgan fingerprint density at radius 3 is 3.06 bits per heavy atom. The van der Waals surface area contributed by atoms with Crippen molar-refractivity contribution in [3.8, 4) is 0 Å². The number of hydrogen-bond donors (Lipinski definition) is 2. The monoisotopic (exact) mass is 251 g/mol. The number of rotatable bonds is 4. The Morgan fingerprint density at radius 2 is 2.44 bits per heavy atom. The van der Waals surface area contributed by atoms with E-state index in [1.807, 2.05) is 0 Å². The molecule has 1 aromatic heterocycles. The van der Waals surface area contributed by atoms with E-state index in [1.165, 1.54) is 12.7 Å². The molecule has 1 saturated heterocycles. The number of carbonyl (C=O) groups excluding carboxylic acids is 1. The van der Waals surface area contributed by atoms with Gasteiger partial charge in [-0.3, -0.25) is 15.1 Å². The molecule has 0 aliphatic carbocycles. The van der Waals surface area contributed by atoms with Crippen molar-refractivity contribution in [1.82, 2.24) is 10.3 Å². The van der Waals surface area contributed by atoms with Gasteiger partial charge in [-0.1, -0.05) is 13.8 Å². The summed E-state index contributed by atoms with van der Waals surface area (Å²) in [6, 6.07) is 1.75. The molecule has 2 rings (SSSR count). The van der Waals surface area contributed by atoms with Crippen molar-refractivity contribution in [3.05, 3.63) is 23.7 Å². The zero-order chi connectivity index (χ0) is 13.1. The van der Waals surface area contributed by atoms with Gasteiger partial charge in [-0.15, -0.1) is 0 Å². The van der Waals surface area contributed by atoms with Crippen LogP contribution in [0.2, 0.25) is 0 Å². The summed E-state index contributed by atoms with van der Waals surface area (Å²) >= 11 is 0. The lowest BCUT2D eigenvalue weighted by Crippen LogP contribution is -2.29. The summed E-state index contributed by atoms with van der Waals surface area (Å²) in [5.74, 6) is 7.08. The van der Waals surface area contributed by atoms with E-state index < -0.39 is 0 Å². The maximum Gasteiger partial charge on any atom is 0.268 e. The highest BCUT2D eigenvalue weighted by Gasteiger charge is 2.25. The van der Waals surface area contributed by atoms with Crippen molar-refractivity contribution in [2.45, 2.75) is 26.8 Å². The predicted molar refractivity (Wildman–Crippen MR) is 68.6 cm³/mol. The highest BCUT2D eigenvalue weighted by Crippen LogP contribution is 2.25. The molecule has 0 saturated carbocycles. The molecule has 100 valence electrons. The average molecular weight is 251 g/mol. The molecule has 2 heterocycles. The molecule has 1 aliphatic heterocycles. The minimum absolute atomic E-state index is 0.313. The lowest BCUT2D eigenvalue weighted by molar-refractivity contribution is 0.0953. The first kappa shape index (κ1) is 13.1. The first-order valence-corrected chi connectivity index (χ1v) is 6.41. The fraction of sp³-hybridized carbons (Fsp3) is 0.615. The van der Waals surface area contributed by atoms with E-state index >= 15 is 0 Å². The Hall–Kier alpha value is -1.33. The second-order valence-corrected chi connectivity index (χ2v) is 5.30. The summed E-state index contributed by atoms with van der Waals surface area (Å²) in [4.78, 5) is 13.7. The van der Waals surface area contributed by atoms with Crippen molar-refractivity contribution < 1.29 is 9.21 Å². The molecule has 1 amide bonds. The number of hydrazine groups is 1. The van der Waals surface area contributed by atoms with Gasteiger partial charge >= 0.3 is 0 Å². The zero-order valence-corrected chi connectivity index (χ0v) is 11.0. The van der Waals surface area contributed by atoms with Gasteiger partial charge in [0.2, 0.25) is 0 Å². The minimum atomic E-state index is -0.313. The van der Waals surface area contributed by atoms with Crippen LogP contribution < -0.4 is 11.3 Å². The third-order valence-electron chi connectivity index (χ3n) is 3.68. The molecule has 5 heteroatoms. The number of amides is 1. The number of nitrogen functional groups attached to an aromatic ring is 1. The van der Waals surface area contributed by atoms with Gasteiger partial charge in [0.15, 0.2) is 0 Å². The van der Waals surface area contributed by atoms with E-state index in [2.05, 4.69) is 24.2 Å². The molecule has 0 radical (unpaired) electrons. The maximum atomic E-state index is 11.3. The van der Waals surface area contributed by atoms with E-state index in [0.717, 1.165) is 37.2 Å². The van der Waals surface area contributed by atoms with E-state index in [9.17, 15) is 4.79 Å². The average Bonchev–Trinajstić information content (AvgIpc) is 2.98. The molecule has 1 atom stereocenters. The normalized spacial score (nSPS) is 20.6. The summed E-state index contributed by atoms with van der Waals surface area (Å²) in [7, 11) is 0. The van der Waals surface area contributed by atoms with Crippen LogP contribution in [0.5, 0.6) is 0 Å². The van der Waals surface area contributed by atoms with Crippen molar-refractivity contribution in [2.24, 2.45) is 17.7 Å². The number of carbonyl (C=O) groups is 1. The Bertz CT molecular complexity index is 414. The van der Waals surface area contributed by atoms with Crippen LogP contribution in [0.1, 0.15) is 36.4 Å². The van der Waals surface area contributed by atoms with Crippen molar-refractivity contribution in [3.63, 3.8) is 0 Å². The molecule has 18 heavy (non-hydrogen) atoms.